The Bertz CT molecular complexity index is 999. The lowest BCUT2D eigenvalue weighted by atomic mass is 10.0. The minimum atomic E-state index is -0.175. The molecule has 22 heavy (non-hydrogen) atoms. The Morgan fingerprint density at radius 3 is 2.77 bits per heavy atom. The van der Waals surface area contributed by atoms with Gasteiger partial charge in [-0.3, -0.25) is 4.79 Å². The van der Waals surface area contributed by atoms with E-state index in [1.807, 2.05) is 13.0 Å². The van der Waals surface area contributed by atoms with Gasteiger partial charge < -0.3 is 9.52 Å². The molecule has 1 aromatic heterocycles. The molecular formula is C17H10BrNO3. The van der Waals surface area contributed by atoms with Crippen molar-refractivity contribution in [3.05, 3.63) is 62.4 Å². The molecule has 0 amide bonds. The molecule has 5 heteroatoms. The van der Waals surface area contributed by atoms with E-state index < -0.39 is 0 Å². The summed E-state index contributed by atoms with van der Waals surface area (Å²) in [5.41, 5.74) is 2.25. The summed E-state index contributed by atoms with van der Waals surface area (Å²) in [6.45, 7) is 1.89. The Kier molecular flexibility index (Phi) is 3.47. The molecule has 0 atom stereocenters. The third-order valence-corrected chi connectivity index (χ3v) is 4.34. The quantitative estimate of drug-likeness (QED) is 0.712. The van der Waals surface area contributed by atoms with Gasteiger partial charge in [-0.15, -0.1) is 0 Å². The number of halogens is 1. The first-order valence-corrected chi connectivity index (χ1v) is 7.25. The maximum Gasteiger partial charge on any atom is 0.200 e. The van der Waals surface area contributed by atoms with Crippen LogP contribution in [0.25, 0.3) is 22.1 Å². The predicted molar refractivity (Wildman–Crippen MR) is 86.7 cm³/mol. The molecule has 1 N–H and O–H groups in total. The largest absolute Gasteiger partial charge is 0.507 e. The van der Waals surface area contributed by atoms with Crippen LogP contribution in [0.4, 0.5) is 0 Å². The first-order chi connectivity index (χ1) is 10.5. The Morgan fingerprint density at radius 1 is 1.27 bits per heavy atom. The van der Waals surface area contributed by atoms with Gasteiger partial charge in [-0.1, -0.05) is 22.0 Å². The molecule has 0 unspecified atom stereocenters. The van der Waals surface area contributed by atoms with Gasteiger partial charge in [-0.25, -0.2) is 0 Å². The summed E-state index contributed by atoms with van der Waals surface area (Å²) in [5.74, 6) is -0.115. The van der Waals surface area contributed by atoms with Crippen LogP contribution < -0.4 is 5.43 Å². The van der Waals surface area contributed by atoms with E-state index in [1.54, 1.807) is 18.2 Å². The number of fused-ring (bicyclic) bond motifs is 1. The number of hydrogen-bond donors (Lipinski definition) is 1. The highest BCUT2D eigenvalue weighted by atomic mass is 79.9. The van der Waals surface area contributed by atoms with Crippen LogP contribution in [0.15, 0.2) is 50.3 Å². The van der Waals surface area contributed by atoms with Gasteiger partial charge >= 0.3 is 0 Å². The molecule has 2 aromatic carbocycles. The minimum absolute atomic E-state index is 0.115. The lowest BCUT2D eigenvalue weighted by Gasteiger charge is -2.06. The van der Waals surface area contributed by atoms with E-state index >= 15 is 0 Å². The van der Waals surface area contributed by atoms with Gasteiger partial charge in [0.25, 0.3) is 0 Å². The van der Waals surface area contributed by atoms with Crippen LogP contribution in [0, 0.1) is 18.3 Å². The zero-order valence-corrected chi connectivity index (χ0v) is 13.1. The molecule has 0 fully saturated rings. The van der Waals surface area contributed by atoms with Crippen LogP contribution in [-0.2, 0) is 0 Å². The number of aryl methyl sites for hydroxylation is 1. The number of phenolic OH excluding ortho intramolecular Hbond substituents is 1. The molecule has 3 aromatic rings. The molecule has 0 aliphatic carbocycles. The molecule has 3 rings (SSSR count). The maximum absolute atomic E-state index is 12.7. The molecular weight excluding hydrogens is 346 g/mol. The van der Waals surface area contributed by atoms with E-state index in [-0.39, 0.29) is 16.7 Å². The second kappa shape index (κ2) is 5.32. The van der Waals surface area contributed by atoms with E-state index in [1.165, 1.54) is 18.4 Å². The van der Waals surface area contributed by atoms with Gasteiger partial charge in [-0.2, -0.15) is 5.26 Å². The van der Waals surface area contributed by atoms with Crippen LogP contribution in [-0.4, -0.2) is 5.11 Å². The van der Waals surface area contributed by atoms with Crippen LogP contribution >= 0.6 is 15.9 Å². The van der Waals surface area contributed by atoms with Crippen LogP contribution in [0.3, 0.4) is 0 Å². The zero-order chi connectivity index (χ0) is 15.9. The lowest BCUT2D eigenvalue weighted by molar-refractivity contribution is 0.473. The van der Waals surface area contributed by atoms with Crippen molar-refractivity contribution in [1.29, 1.82) is 5.26 Å². The summed E-state index contributed by atoms with van der Waals surface area (Å²) in [7, 11) is 0. The molecule has 108 valence electrons. The summed E-state index contributed by atoms with van der Waals surface area (Å²) in [6, 6.07) is 9.86. The van der Waals surface area contributed by atoms with Crippen molar-refractivity contribution in [1.82, 2.24) is 0 Å². The van der Waals surface area contributed by atoms with Crippen molar-refractivity contribution < 1.29 is 9.52 Å². The van der Waals surface area contributed by atoms with E-state index in [9.17, 15) is 9.90 Å². The van der Waals surface area contributed by atoms with Crippen molar-refractivity contribution in [2.75, 3.05) is 0 Å². The number of benzene rings is 2. The Balaban J connectivity index is 2.29. The van der Waals surface area contributed by atoms with E-state index in [2.05, 4.69) is 15.9 Å². The van der Waals surface area contributed by atoms with Crippen LogP contribution in [0.1, 0.15) is 11.1 Å². The predicted octanol–water partition coefficient (Wildman–Crippen LogP) is 4.11. The normalized spacial score (nSPS) is 10.6. The number of nitriles is 1. The molecule has 0 saturated carbocycles. The van der Waals surface area contributed by atoms with E-state index in [4.69, 9.17) is 9.68 Å². The number of nitrogens with zero attached hydrogens (tertiary/aromatic N) is 1. The van der Waals surface area contributed by atoms with Crippen LogP contribution in [0.2, 0.25) is 0 Å². The lowest BCUT2D eigenvalue weighted by Crippen LogP contribution is -2.05. The second-order valence-corrected chi connectivity index (χ2v) is 5.77. The van der Waals surface area contributed by atoms with Crippen molar-refractivity contribution in [3.63, 3.8) is 0 Å². The number of rotatable bonds is 1. The van der Waals surface area contributed by atoms with Gasteiger partial charge in [0.1, 0.15) is 23.7 Å². The first-order valence-electron chi connectivity index (χ1n) is 6.46. The summed E-state index contributed by atoms with van der Waals surface area (Å²) in [4.78, 5) is 12.7. The third kappa shape index (κ3) is 2.28. The third-order valence-electron chi connectivity index (χ3n) is 3.48. The fraction of sp³-hybridized carbons (Fsp3) is 0.0588. The maximum atomic E-state index is 12.7. The minimum Gasteiger partial charge on any atom is -0.507 e. The zero-order valence-electron chi connectivity index (χ0n) is 11.6. The van der Waals surface area contributed by atoms with Gasteiger partial charge in [0.15, 0.2) is 0 Å². The molecule has 0 bridgehead atoms. The van der Waals surface area contributed by atoms with Gasteiger partial charge in [-0.05, 0) is 42.3 Å². The van der Waals surface area contributed by atoms with E-state index in [0.717, 1.165) is 10.0 Å². The molecule has 4 nitrogen and oxygen atoms in total. The highest BCUT2D eigenvalue weighted by Gasteiger charge is 2.12. The monoisotopic (exact) mass is 355 g/mol. The Hall–Kier alpha value is -2.58. The summed E-state index contributed by atoms with van der Waals surface area (Å²) < 4.78 is 6.41. The number of phenols is 1. The highest BCUT2D eigenvalue weighted by molar-refractivity contribution is 9.10. The van der Waals surface area contributed by atoms with Crippen molar-refractivity contribution in [3.8, 4) is 22.9 Å². The van der Waals surface area contributed by atoms with Crippen molar-refractivity contribution in [2.24, 2.45) is 0 Å². The average Bonchev–Trinajstić information content (AvgIpc) is 2.50. The summed E-state index contributed by atoms with van der Waals surface area (Å²) in [6.07, 6.45) is 1.37. The molecule has 0 aliphatic rings. The summed E-state index contributed by atoms with van der Waals surface area (Å²) in [5, 5.41) is 19.0. The molecule has 0 radical (unpaired) electrons. The fourth-order valence-corrected chi connectivity index (χ4v) is 2.57. The molecule has 0 spiro atoms. The van der Waals surface area contributed by atoms with Crippen molar-refractivity contribution >= 4 is 26.9 Å². The first kappa shape index (κ1) is 14.4. The van der Waals surface area contributed by atoms with Gasteiger partial charge in [0.05, 0.1) is 16.5 Å². The summed E-state index contributed by atoms with van der Waals surface area (Å²) >= 11 is 3.41. The second-order valence-electron chi connectivity index (χ2n) is 4.92. The van der Waals surface area contributed by atoms with E-state index in [0.29, 0.717) is 22.1 Å². The average molecular weight is 356 g/mol. The molecule has 0 saturated heterocycles. The Labute approximate surface area is 134 Å². The smallest absolute Gasteiger partial charge is 0.200 e. The number of aromatic hydroxyl groups is 1. The highest BCUT2D eigenvalue weighted by Crippen LogP contribution is 2.27. The van der Waals surface area contributed by atoms with Crippen molar-refractivity contribution in [2.45, 2.75) is 6.92 Å². The van der Waals surface area contributed by atoms with Gasteiger partial charge in [0, 0.05) is 4.47 Å². The fourth-order valence-electron chi connectivity index (χ4n) is 2.25. The molecule has 1 heterocycles. The Morgan fingerprint density at radius 2 is 2.05 bits per heavy atom. The topological polar surface area (TPSA) is 74.2 Å². The van der Waals surface area contributed by atoms with Crippen LogP contribution in [0.5, 0.6) is 5.75 Å². The standard InChI is InChI=1S/C17H10BrNO3/c1-9-4-12-16(6-14(9)18)22-8-13(17(12)21)10-2-3-15(20)11(5-10)7-19/h2-6,8,20H,1H3. The molecule has 0 aliphatic heterocycles. The number of hydrogen-bond acceptors (Lipinski definition) is 4. The SMILES string of the molecule is Cc1cc2c(=O)c(-c3ccc(O)c(C#N)c3)coc2cc1Br. The van der Waals surface area contributed by atoms with Gasteiger partial charge in [0.2, 0.25) is 5.43 Å².